The molecular formula is C23H25NO. The average Bonchev–Trinajstić information content (AvgIpc) is 2.99. The van der Waals surface area contributed by atoms with Crippen LogP contribution in [0.4, 0.5) is 0 Å². The Labute approximate surface area is 149 Å². The summed E-state index contributed by atoms with van der Waals surface area (Å²) in [7, 11) is 0. The van der Waals surface area contributed by atoms with Crippen LogP contribution in [-0.2, 0) is 6.42 Å². The van der Waals surface area contributed by atoms with Gasteiger partial charge in [-0.15, -0.1) is 0 Å². The van der Waals surface area contributed by atoms with Gasteiger partial charge in [0.25, 0.3) is 0 Å². The number of pyridine rings is 1. The summed E-state index contributed by atoms with van der Waals surface area (Å²) in [5, 5.41) is 9.82. The van der Waals surface area contributed by atoms with E-state index < -0.39 is 0 Å². The van der Waals surface area contributed by atoms with E-state index in [0.717, 1.165) is 18.3 Å². The lowest BCUT2D eigenvalue weighted by molar-refractivity contribution is 0.0885. The molecule has 0 saturated heterocycles. The van der Waals surface area contributed by atoms with Gasteiger partial charge in [-0.3, -0.25) is 4.98 Å². The van der Waals surface area contributed by atoms with E-state index in [1.54, 1.807) is 0 Å². The van der Waals surface area contributed by atoms with Gasteiger partial charge in [-0.2, -0.15) is 0 Å². The van der Waals surface area contributed by atoms with Gasteiger partial charge >= 0.3 is 0 Å². The van der Waals surface area contributed by atoms with Crippen LogP contribution in [0.2, 0.25) is 0 Å². The molecule has 1 saturated carbocycles. The molecule has 3 aliphatic carbocycles. The largest absolute Gasteiger partial charge is 0.508 e. The van der Waals surface area contributed by atoms with Crippen LogP contribution >= 0.6 is 0 Å². The van der Waals surface area contributed by atoms with Gasteiger partial charge in [0.15, 0.2) is 0 Å². The van der Waals surface area contributed by atoms with Gasteiger partial charge in [0, 0.05) is 12.4 Å². The van der Waals surface area contributed by atoms with Crippen LogP contribution in [0.1, 0.15) is 55.2 Å². The van der Waals surface area contributed by atoms with Gasteiger partial charge < -0.3 is 5.11 Å². The van der Waals surface area contributed by atoms with Gasteiger partial charge in [0.2, 0.25) is 0 Å². The number of benzene rings is 1. The molecule has 1 fully saturated rings. The summed E-state index contributed by atoms with van der Waals surface area (Å²) in [6.07, 6.45) is 12.5. The molecule has 3 unspecified atom stereocenters. The molecule has 25 heavy (non-hydrogen) atoms. The first-order chi connectivity index (χ1) is 12.2. The summed E-state index contributed by atoms with van der Waals surface area (Å²) in [4.78, 5) is 4.35. The number of fused-ring (bicyclic) bond motifs is 5. The van der Waals surface area contributed by atoms with Crippen molar-refractivity contribution in [1.29, 1.82) is 0 Å². The van der Waals surface area contributed by atoms with E-state index in [2.05, 4.69) is 36.2 Å². The van der Waals surface area contributed by atoms with E-state index in [-0.39, 0.29) is 0 Å². The van der Waals surface area contributed by atoms with Gasteiger partial charge in [-0.1, -0.05) is 25.1 Å². The topological polar surface area (TPSA) is 33.1 Å². The van der Waals surface area contributed by atoms with Gasteiger partial charge in [-0.25, -0.2) is 0 Å². The highest BCUT2D eigenvalue weighted by molar-refractivity contribution is 5.72. The van der Waals surface area contributed by atoms with Gasteiger partial charge in [0.1, 0.15) is 5.75 Å². The second-order valence-corrected chi connectivity index (χ2v) is 8.35. The van der Waals surface area contributed by atoms with Crippen molar-refractivity contribution in [3.63, 3.8) is 0 Å². The monoisotopic (exact) mass is 331 g/mol. The van der Waals surface area contributed by atoms with Crippen molar-refractivity contribution in [3.05, 3.63) is 65.5 Å². The van der Waals surface area contributed by atoms with Crippen molar-refractivity contribution in [2.75, 3.05) is 0 Å². The Morgan fingerprint density at radius 3 is 2.96 bits per heavy atom. The number of phenolic OH excluding ortho intramolecular Hbond substituents is 1. The molecule has 4 atom stereocenters. The SMILES string of the molecule is C[C@]12CCC3c4ccc(O)cc4CCC3C1CC=C2c1cccnc1. The lowest BCUT2D eigenvalue weighted by Gasteiger charge is -2.50. The molecule has 2 nitrogen and oxygen atoms in total. The number of aromatic hydroxyl groups is 1. The molecule has 3 aliphatic rings. The summed E-state index contributed by atoms with van der Waals surface area (Å²) >= 11 is 0. The average molecular weight is 331 g/mol. The van der Waals surface area contributed by atoms with Crippen LogP contribution in [0, 0.1) is 17.3 Å². The number of nitrogens with zero attached hydrogens (tertiary/aromatic N) is 1. The summed E-state index contributed by atoms with van der Waals surface area (Å²) in [6.45, 7) is 2.49. The number of aryl methyl sites for hydroxylation is 1. The van der Waals surface area contributed by atoms with Crippen molar-refractivity contribution >= 4 is 5.57 Å². The molecule has 2 heteroatoms. The molecule has 0 spiro atoms. The van der Waals surface area contributed by atoms with Crippen LogP contribution in [0.25, 0.3) is 5.57 Å². The molecule has 0 aliphatic heterocycles. The van der Waals surface area contributed by atoms with Gasteiger partial charge in [0.05, 0.1) is 0 Å². The molecule has 0 radical (unpaired) electrons. The number of phenols is 1. The Morgan fingerprint density at radius 1 is 1.20 bits per heavy atom. The number of rotatable bonds is 1. The van der Waals surface area contributed by atoms with Crippen molar-refractivity contribution in [1.82, 2.24) is 4.98 Å². The maximum Gasteiger partial charge on any atom is 0.115 e. The predicted molar refractivity (Wildman–Crippen MR) is 100 cm³/mol. The minimum absolute atomic E-state index is 0.290. The highest BCUT2D eigenvalue weighted by Gasteiger charge is 2.51. The quantitative estimate of drug-likeness (QED) is 0.765. The number of hydrogen-bond acceptors (Lipinski definition) is 2. The summed E-state index contributed by atoms with van der Waals surface area (Å²) in [5.74, 6) is 2.59. The number of aromatic nitrogens is 1. The van der Waals surface area contributed by atoms with E-state index in [1.165, 1.54) is 47.9 Å². The maximum absolute atomic E-state index is 9.82. The smallest absolute Gasteiger partial charge is 0.115 e. The van der Waals surface area contributed by atoms with Crippen molar-refractivity contribution < 1.29 is 5.11 Å². The number of allylic oxidation sites excluding steroid dienone is 2. The Hall–Kier alpha value is -2.09. The predicted octanol–water partition coefficient (Wildman–Crippen LogP) is 5.34. The third-order valence-corrected chi connectivity index (χ3v) is 7.26. The molecule has 0 bridgehead atoms. The zero-order valence-corrected chi connectivity index (χ0v) is 14.8. The van der Waals surface area contributed by atoms with Crippen LogP contribution in [0.15, 0.2) is 48.8 Å². The van der Waals surface area contributed by atoms with E-state index in [1.807, 2.05) is 24.5 Å². The molecule has 0 amide bonds. The zero-order valence-electron chi connectivity index (χ0n) is 14.8. The molecule has 1 aromatic heterocycles. The van der Waals surface area contributed by atoms with Crippen LogP contribution < -0.4 is 0 Å². The van der Waals surface area contributed by atoms with Crippen molar-refractivity contribution in [2.45, 2.75) is 44.9 Å². The standard InChI is InChI=1S/C23H25NO/c1-23-11-10-19-18-7-5-17(25)13-15(18)4-6-20(19)22(23)9-8-21(23)16-3-2-12-24-14-16/h2-3,5,7-8,12-14,19-20,22,25H,4,6,9-11H2,1H3/t19?,20?,22?,23-/m1/s1. The minimum atomic E-state index is 0.290. The number of hydrogen-bond donors (Lipinski definition) is 1. The first-order valence-electron chi connectivity index (χ1n) is 9.59. The lowest BCUT2D eigenvalue weighted by Crippen LogP contribution is -2.40. The fraction of sp³-hybridized carbons (Fsp3) is 0.435. The van der Waals surface area contributed by atoms with Crippen LogP contribution in [-0.4, -0.2) is 10.1 Å². The molecule has 5 rings (SSSR count). The van der Waals surface area contributed by atoms with Crippen LogP contribution in [0.5, 0.6) is 5.75 Å². The summed E-state index contributed by atoms with van der Waals surface area (Å²) in [6, 6.07) is 10.3. The van der Waals surface area contributed by atoms with Crippen molar-refractivity contribution in [3.8, 4) is 5.75 Å². The molecular weight excluding hydrogens is 306 g/mol. The van der Waals surface area contributed by atoms with E-state index >= 15 is 0 Å². The fourth-order valence-corrected chi connectivity index (χ4v) is 6.11. The summed E-state index contributed by atoms with van der Waals surface area (Å²) < 4.78 is 0. The van der Waals surface area contributed by atoms with Crippen molar-refractivity contribution in [2.24, 2.45) is 17.3 Å². The van der Waals surface area contributed by atoms with E-state index in [4.69, 9.17) is 0 Å². The second kappa shape index (κ2) is 5.45. The lowest BCUT2D eigenvalue weighted by atomic mass is 9.54. The van der Waals surface area contributed by atoms with E-state index in [9.17, 15) is 5.11 Å². The third-order valence-electron chi connectivity index (χ3n) is 7.26. The third kappa shape index (κ3) is 2.19. The Bertz CT molecular complexity index is 840. The highest BCUT2D eigenvalue weighted by atomic mass is 16.3. The van der Waals surface area contributed by atoms with Gasteiger partial charge in [-0.05, 0) is 95.7 Å². The second-order valence-electron chi connectivity index (χ2n) is 8.35. The summed E-state index contributed by atoms with van der Waals surface area (Å²) in [5.41, 5.74) is 6.01. The minimum Gasteiger partial charge on any atom is -0.508 e. The van der Waals surface area contributed by atoms with Crippen LogP contribution in [0.3, 0.4) is 0 Å². The fourth-order valence-electron chi connectivity index (χ4n) is 6.11. The normalized spacial score (nSPS) is 33.2. The Kier molecular flexibility index (Phi) is 3.31. The first kappa shape index (κ1) is 15.2. The van der Waals surface area contributed by atoms with E-state index in [0.29, 0.717) is 17.1 Å². The maximum atomic E-state index is 9.82. The molecule has 2 aromatic rings. The Morgan fingerprint density at radius 2 is 2.12 bits per heavy atom. The molecule has 1 heterocycles. The molecule has 128 valence electrons. The first-order valence-corrected chi connectivity index (χ1v) is 9.59. The Balaban J connectivity index is 1.50. The molecule has 1 N–H and O–H groups in total. The zero-order chi connectivity index (χ0) is 17.0. The molecule has 1 aromatic carbocycles. The highest BCUT2D eigenvalue weighted by Crippen LogP contribution is 2.63.